The molecule has 0 radical (unpaired) electrons. The van der Waals surface area contributed by atoms with E-state index in [0.717, 1.165) is 27.7 Å². The number of hydrogen-bond acceptors (Lipinski definition) is 4. The molecule has 1 aliphatic heterocycles. The fourth-order valence-electron chi connectivity index (χ4n) is 3.76. The van der Waals surface area contributed by atoms with E-state index in [0.29, 0.717) is 24.4 Å². The van der Waals surface area contributed by atoms with Gasteiger partial charge in [0.2, 0.25) is 0 Å². The van der Waals surface area contributed by atoms with Gasteiger partial charge in [-0.1, -0.05) is 18.2 Å². The number of aryl methyl sites for hydroxylation is 3. The first-order chi connectivity index (χ1) is 13.0. The van der Waals surface area contributed by atoms with Crippen molar-refractivity contribution in [3.63, 3.8) is 0 Å². The molecular formula is C20H15N3O4. The highest BCUT2D eigenvalue weighted by molar-refractivity contribution is 5.97. The van der Waals surface area contributed by atoms with Crippen LogP contribution in [-0.4, -0.2) is 25.4 Å². The molecule has 134 valence electrons. The van der Waals surface area contributed by atoms with Gasteiger partial charge in [0.1, 0.15) is 11.1 Å². The molecule has 0 unspecified atom stereocenters. The summed E-state index contributed by atoms with van der Waals surface area (Å²) in [6, 6.07) is 7.33. The zero-order valence-corrected chi connectivity index (χ0v) is 14.5. The van der Waals surface area contributed by atoms with E-state index >= 15 is 0 Å². The highest BCUT2D eigenvalue weighted by Gasteiger charge is 2.26. The number of carboxylic acids is 1. The van der Waals surface area contributed by atoms with Crippen molar-refractivity contribution in [2.75, 3.05) is 0 Å². The van der Waals surface area contributed by atoms with Gasteiger partial charge in [-0.2, -0.15) is 5.10 Å². The quantitative estimate of drug-likeness (QED) is 0.593. The third kappa shape index (κ3) is 2.25. The van der Waals surface area contributed by atoms with Gasteiger partial charge < -0.3 is 14.1 Å². The maximum atomic E-state index is 12.2. The summed E-state index contributed by atoms with van der Waals surface area (Å²) in [5.74, 6) is -0.591. The molecule has 3 aromatic heterocycles. The van der Waals surface area contributed by atoms with Gasteiger partial charge in [0.15, 0.2) is 11.2 Å². The minimum Gasteiger partial charge on any atom is -0.477 e. The van der Waals surface area contributed by atoms with Crippen molar-refractivity contribution in [2.45, 2.75) is 13.0 Å². The van der Waals surface area contributed by atoms with Crippen molar-refractivity contribution in [1.82, 2.24) is 14.3 Å². The lowest BCUT2D eigenvalue weighted by atomic mass is 9.99. The average molecular weight is 361 g/mol. The molecule has 0 saturated carbocycles. The predicted octanol–water partition coefficient (Wildman–Crippen LogP) is 2.92. The van der Waals surface area contributed by atoms with Crippen LogP contribution >= 0.6 is 0 Å². The van der Waals surface area contributed by atoms with Crippen molar-refractivity contribution >= 4 is 16.9 Å². The van der Waals surface area contributed by atoms with Gasteiger partial charge in [-0.05, 0) is 6.42 Å². The number of hydrogen-bond donors (Lipinski definition) is 1. The van der Waals surface area contributed by atoms with Crippen LogP contribution in [0.15, 0.2) is 52.1 Å². The fraction of sp³-hybridized carbons (Fsp3) is 0.150. The van der Waals surface area contributed by atoms with Crippen LogP contribution in [0.4, 0.5) is 0 Å². The van der Waals surface area contributed by atoms with Crippen LogP contribution in [0.3, 0.4) is 0 Å². The molecule has 0 atom stereocenters. The van der Waals surface area contributed by atoms with Crippen molar-refractivity contribution in [1.29, 1.82) is 0 Å². The van der Waals surface area contributed by atoms with Crippen molar-refractivity contribution in [3.8, 4) is 22.6 Å². The van der Waals surface area contributed by atoms with E-state index in [4.69, 9.17) is 4.42 Å². The van der Waals surface area contributed by atoms with Crippen LogP contribution in [0.2, 0.25) is 0 Å². The summed E-state index contributed by atoms with van der Waals surface area (Å²) < 4.78 is 9.74. The number of fused-ring (bicyclic) bond motifs is 5. The lowest BCUT2D eigenvalue weighted by Gasteiger charge is -2.18. The zero-order chi connectivity index (χ0) is 18.7. The molecule has 0 amide bonds. The molecular weight excluding hydrogens is 346 g/mol. The predicted molar refractivity (Wildman–Crippen MR) is 98.8 cm³/mol. The van der Waals surface area contributed by atoms with Crippen LogP contribution in [0.1, 0.15) is 15.9 Å². The summed E-state index contributed by atoms with van der Waals surface area (Å²) in [6.07, 6.45) is 5.81. The standard InChI is InChI=1S/C20H15N3O4/c1-22-9-11(8-21-22)12-3-2-4-13-14-5-6-23-10-15(20(25)26)17(24)7-16(23)19(14)27-18(12)13/h2-4,7-10H,5-6H2,1H3,(H,25,26). The number of para-hydroxylation sites is 1. The van der Waals surface area contributed by atoms with Gasteiger partial charge in [-0.15, -0.1) is 0 Å². The molecule has 4 heterocycles. The maximum absolute atomic E-state index is 12.2. The van der Waals surface area contributed by atoms with E-state index in [1.807, 2.05) is 31.4 Å². The molecule has 1 N–H and O–H groups in total. The Hall–Kier alpha value is -3.61. The Morgan fingerprint density at radius 1 is 1.30 bits per heavy atom. The minimum absolute atomic E-state index is 0.227. The third-order valence-corrected chi connectivity index (χ3v) is 5.03. The van der Waals surface area contributed by atoms with Crippen LogP contribution in [0, 0.1) is 0 Å². The first kappa shape index (κ1) is 15.6. The van der Waals surface area contributed by atoms with Crippen LogP contribution < -0.4 is 5.43 Å². The highest BCUT2D eigenvalue weighted by Crippen LogP contribution is 2.40. The van der Waals surface area contributed by atoms with E-state index in [2.05, 4.69) is 5.10 Å². The first-order valence-corrected chi connectivity index (χ1v) is 8.54. The number of benzene rings is 1. The summed E-state index contributed by atoms with van der Waals surface area (Å²) in [6.45, 7) is 0.592. The van der Waals surface area contributed by atoms with Gasteiger partial charge in [0.05, 0.1) is 11.9 Å². The molecule has 7 heteroatoms. The number of carbonyl (C=O) groups is 1. The van der Waals surface area contributed by atoms with Gasteiger partial charge in [0, 0.05) is 54.1 Å². The van der Waals surface area contributed by atoms with Crippen LogP contribution in [0.25, 0.3) is 33.6 Å². The van der Waals surface area contributed by atoms with Crippen LogP contribution in [0.5, 0.6) is 0 Å². The Kier molecular flexibility index (Phi) is 3.15. The summed E-state index contributed by atoms with van der Waals surface area (Å²) in [5, 5.41) is 14.4. The second kappa shape index (κ2) is 5.44. The zero-order valence-electron chi connectivity index (χ0n) is 14.5. The van der Waals surface area contributed by atoms with Crippen LogP contribution in [-0.2, 0) is 20.0 Å². The summed E-state index contributed by atoms with van der Waals surface area (Å²) >= 11 is 0. The topological polar surface area (TPSA) is 90.3 Å². The second-order valence-corrected chi connectivity index (χ2v) is 6.68. The number of pyridine rings is 1. The molecule has 0 saturated heterocycles. The van der Waals surface area contributed by atoms with E-state index in [9.17, 15) is 14.7 Å². The van der Waals surface area contributed by atoms with Gasteiger partial charge in [-0.3, -0.25) is 9.48 Å². The number of aromatic nitrogens is 3. The molecule has 0 aliphatic carbocycles. The fourth-order valence-corrected chi connectivity index (χ4v) is 3.76. The number of nitrogens with zero attached hydrogens (tertiary/aromatic N) is 3. The Balaban J connectivity index is 1.77. The third-order valence-electron chi connectivity index (χ3n) is 5.03. The monoisotopic (exact) mass is 361 g/mol. The maximum Gasteiger partial charge on any atom is 0.341 e. The summed E-state index contributed by atoms with van der Waals surface area (Å²) in [7, 11) is 1.86. The van der Waals surface area contributed by atoms with E-state index in [1.165, 1.54) is 12.3 Å². The molecule has 0 bridgehead atoms. The average Bonchev–Trinajstić information content (AvgIpc) is 3.24. The molecule has 1 aromatic carbocycles. The van der Waals surface area contributed by atoms with Crippen molar-refractivity contribution < 1.29 is 14.3 Å². The molecule has 0 fully saturated rings. The van der Waals surface area contributed by atoms with Gasteiger partial charge in [0.25, 0.3) is 0 Å². The molecule has 27 heavy (non-hydrogen) atoms. The summed E-state index contributed by atoms with van der Waals surface area (Å²) in [5.41, 5.74) is 3.54. The Morgan fingerprint density at radius 2 is 2.15 bits per heavy atom. The minimum atomic E-state index is -1.22. The lowest BCUT2D eigenvalue weighted by Crippen LogP contribution is -2.21. The largest absolute Gasteiger partial charge is 0.477 e. The molecule has 4 aromatic rings. The number of aromatic carboxylic acids is 1. The molecule has 1 aliphatic rings. The van der Waals surface area contributed by atoms with Gasteiger partial charge >= 0.3 is 5.97 Å². The smallest absolute Gasteiger partial charge is 0.341 e. The normalized spacial score (nSPS) is 12.8. The van der Waals surface area contributed by atoms with E-state index in [-0.39, 0.29) is 5.56 Å². The van der Waals surface area contributed by atoms with Crippen molar-refractivity contribution in [3.05, 3.63) is 64.2 Å². The molecule has 0 spiro atoms. The number of carboxylic acid groups (broad SMARTS) is 1. The molecule has 5 rings (SSSR count). The Labute approximate surface area is 153 Å². The highest BCUT2D eigenvalue weighted by atomic mass is 16.4. The SMILES string of the molecule is Cn1cc(-c2cccc3c4c(oc23)-c2cc(=O)c(C(=O)O)cn2CC4)cn1. The second-order valence-electron chi connectivity index (χ2n) is 6.68. The lowest BCUT2D eigenvalue weighted by molar-refractivity contribution is 0.0694. The van der Waals surface area contributed by atoms with E-state index in [1.54, 1.807) is 15.4 Å². The number of rotatable bonds is 2. The summed E-state index contributed by atoms with van der Waals surface area (Å²) in [4.78, 5) is 23.5. The van der Waals surface area contributed by atoms with Crippen molar-refractivity contribution in [2.24, 2.45) is 7.05 Å². The molecule has 7 nitrogen and oxygen atoms in total. The first-order valence-electron chi connectivity index (χ1n) is 8.54. The van der Waals surface area contributed by atoms with Gasteiger partial charge in [-0.25, -0.2) is 4.79 Å². The van der Waals surface area contributed by atoms with E-state index < -0.39 is 11.4 Å². The Bertz CT molecular complexity index is 1290. The Morgan fingerprint density at radius 3 is 2.89 bits per heavy atom. The number of furan rings is 1.